The predicted molar refractivity (Wildman–Crippen MR) is 137 cm³/mol. The molecule has 188 valence electrons. The summed E-state index contributed by atoms with van der Waals surface area (Å²) in [7, 11) is -5.66. The van der Waals surface area contributed by atoms with Gasteiger partial charge in [-0.2, -0.15) is 8.78 Å². The minimum atomic E-state index is -5.66. The third-order valence-electron chi connectivity index (χ3n) is 6.57. The largest absolute Gasteiger partial charge is 0.399 e. The molecule has 4 aromatic carbocycles. The maximum absolute atomic E-state index is 14.3. The highest BCUT2D eigenvalue weighted by molar-refractivity contribution is 7.52. The summed E-state index contributed by atoms with van der Waals surface area (Å²) in [6.45, 7) is 0. The SMILES string of the molecule is O=P(O)(O)C(F)(F)c1ccc(CC(Cc2ccccc2)(c2ccccc2)n2nnc3ccccc32)cc1. The van der Waals surface area contributed by atoms with E-state index in [1.807, 2.05) is 89.6 Å². The van der Waals surface area contributed by atoms with Crippen molar-refractivity contribution < 1.29 is 23.1 Å². The molecule has 1 atom stereocenters. The van der Waals surface area contributed by atoms with E-state index in [1.165, 1.54) is 12.1 Å². The highest BCUT2D eigenvalue weighted by Crippen LogP contribution is 2.59. The molecule has 1 heterocycles. The summed E-state index contributed by atoms with van der Waals surface area (Å²) >= 11 is 0. The summed E-state index contributed by atoms with van der Waals surface area (Å²) < 4.78 is 41.8. The quantitative estimate of drug-likeness (QED) is 0.250. The van der Waals surface area contributed by atoms with Crippen molar-refractivity contribution in [1.29, 1.82) is 0 Å². The number of para-hydroxylation sites is 1. The molecule has 0 spiro atoms. The Bertz CT molecular complexity index is 1550. The van der Waals surface area contributed by atoms with Gasteiger partial charge in [0, 0.05) is 18.4 Å². The minimum Gasteiger partial charge on any atom is -0.320 e. The zero-order valence-electron chi connectivity index (χ0n) is 19.7. The van der Waals surface area contributed by atoms with Crippen LogP contribution in [0.25, 0.3) is 11.0 Å². The molecule has 5 aromatic rings. The number of hydrogen-bond acceptors (Lipinski definition) is 3. The number of fused-ring (bicyclic) bond motifs is 1. The zero-order valence-corrected chi connectivity index (χ0v) is 20.5. The highest BCUT2D eigenvalue weighted by Gasteiger charge is 2.50. The van der Waals surface area contributed by atoms with Gasteiger partial charge in [0.1, 0.15) is 5.52 Å². The van der Waals surface area contributed by atoms with Gasteiger partial charge in [0.15, 0.2) is 0 Å². The lowest BCUT2D eigenvalue weighted by Gasteiger charge is -2.36. The van der Waals surface area contributed by atoms with Gasteiger partial charge in [0.05, 0.1) is 11.1 Å². The first-order valence-corrected chi connectivity index (χ1v) is 13.3. The van der Waals surface area contributed by atoms with Gasteiger partial charge in [-0.1, -0.05) is 102 Å². The Morgan fingerprint density at radius 2 is 1.24 bits per heavy atom. The van der Waals surface area contributed by atoms with Crippen molar-refractivity contribution in [1.82, 2.24) is 15.0 Å². The standard InChI is InChI=1S/C28H24F2N3O3P/c29-28(30,37(34,35)36)24-17-15-22(16-18-24)20-27(23-11-5-2-6-12-23,19-21-9-3-1-4-10-21)33-26-14-8-7-13-25(26)31-32-33/h1-18H,19-20H2,(H2,34,35,36). The summed E-state index contributed by atoms with van der Waals surface area (Å²) in [5.41, 5.74) is -1.52. The van der Waals surface area contributed by atoms with Crippen LogP contribution in [0.2, 0.25) is 0 Å². The number of benzene rings is 4. The fourth-order valence-electron chi connectivity index (χ4n) is 4.73. The maximum atomic E-state index is 14.3. The molecule has 1 unspecified atom stereocenters. The fraction of sp³-hybridized carbons (Fsp3) is 0.143. The van der Waals surface area contributed by atoms with E-state index in [0.717, 1.165) is 34.3 Å². The van der Waals surface area contributed by atoms with Crippen LogP contribution in [0, 0.1) is 0 Å². The van der Waals surface area contributed by atoms with E-state index in [1.54, 1.807) is 0 Å². The Morgan fingerprint density at radius 1 is 0.703 bits per heavy atom. The van der Waals surface area contributed by atoms with E-state index in [4.69, 9.17) is 9.79 Å². The molecule has 0 aliphatic rings. The van der Waals surface area contributed by atoms with Gasteiger partial charge < -0.3 is 9.79 Å². The van der Waals surface area contributed by atoms with Gasteiger partial charge in [-0.3, -0.25) is 4.57 Å². The fourth-order valence-corrected chi connectivity index (χ4v) is 5.22. The number of alkyl halides is 2. The van der Waals surface area contributed by atoms with Crippen LogP contribution >= 0.6 is 7.60 Å². The lowest BCUT2D eigenvalue weighted by molar-refractivity contribution is 0.0564. The molecule has 1 aromatic heterocycles. The second-order valence-electron chi connectivity index (χ2n) is 9.01. The molecule has 9 heteroatoms. The van der Waals surface area contributed by atoms with E-state index < -0.39 is 24.4 Å². The van der Waals surface area contributed by atoms with E-state index in [0.29, 0.717) is 18.4 Å². The van der Waals surface area contributed by atoms with E-state index in [9.17, 15) is 13.3 Å². The van der Waals surface area contributed by atoms with Gasteiger partial charge in [-0.25, -0.2) is 4.68 Å². The molecule has 0 radical (unpaired) electrons. The maximum Gasteiger partial charge on any atom is 0.399 e. The van der Waals surface area contributed by atoms with Crippen molar-refractivity contribution in [3.8, 4) is 0 Å². The van der Waals surface area contributed by atoms with E-state index in [2.05, 4.69) is 10.3 Å². The summed E-state index contributed by atoms with van der Waals surface area (Å²) in [4.78, 5) is 18.3. The van der Waals surface area contributed by atoms with Crippen molar-refractivity contribution >= 4 is 18.6 Å². The Morgan fingerprint density at radius 3 is 1.86 bits per heavy atom. The summed E-state index contributed by atoms with van der Waals surface area (Å²) in [6.07, 6.45) is 0.895. The molecular weight excluding hydrogens is 495 g/mol. The summed E-state index contributed by atoms with van der Waals surface area (Å²) in [5.74, 6) is 0. The van der Waals surface area contributed by atoms with Crippen molar-refractivity contribution in [2.24, 2.45) is 0 Å². The number of rotatable bonds is 8. The topological polar surface area (TPSA) is 88.2 Å². The van der Waals surface area contributed by atoms with Gasteiger partial charge in [0.2, 0.25) is 0 Å². The van der Waals surface area contributed by atoms with Crippen LogP contribution in [0.4, 0.5) is 8.78 Å². The smallest absolute Gasteiger partial charge is 0.320 e. The van der Waals surface area contributed by atoms with Crippen molar-refractivity contribution in [3.63, 3.8) is 0 Å². The van der Waals surface area contributed by atoms with Crippen LogP contribution in [-0.2, 0) is 28.6 Å². The summed E-state index contributed by atoms with van der Waals surface area (Å²) in [5, 5.41) is 8.96. The molecule has 6 nitrogen and oxygen atoms in total. The van der Waals surface area contributed by atoms with Crippen LogP contribution in [0.1, 0.15) is 22.3 Å². The average Bonchev–Trinajstić information content (AvgIpc) is 3.34. The third-order valence-corrected chi connectivity index (χ3v) is 7.56. The first kappa shape index (κ1) is 25.0. The number of aromatic nitrogens is 3. The minimum absolute atomic E-state index is 0.362. The third kappa shape index (κ3) is 4.71. The molecule has 0 aliphatic carbocycles. The lowest BCUT2D eigenvalue weighted by Crippen LogP contribution is -2.40. The predicted octanol–water partition coefficient (Wildman–Crippen LogP) is 5.89. The Balaban J connectivity index is 1.68. The Kier molecular flexibility index (Phi) is 6.50. The monoisotopic (exact) mass is 519 g/mol. The average molecular weight is 519 g/mol. The van der Waals surface area contributed by atoms with Crippen molar-refractivity contribution in [2.45, 2.75) is 24.0 Å². The molecule has 0 bridgehead atoms. The molecule has 0 saturated heterocycles. The van der Waals surface area contributed by atoms with Crippen LogP contribution in [-0.4, -0.2) is 24.8 Å². The highest BCUT2D eigenvalue weighted by atomic mass is 31.2. The van der Waals surface area contributed by atoms with Gasteiger partial charge in [0.25, 0.3) is 0 Å². The Hall–Kier alpha value is -3.71. The molecule has 5 rings (SSSR count). The van der Waals surface area contributed by atoms with E-state index >= 15 is 0 Å². The van der Waals surface area contributed by atoms with Crippen LogP contribution in [0.15, 0.2) is 109 Å². The molecule has 2 N–H and O–H groups in total. The molecule has 37 heavy (non-hydrogen) atoms. The first-order valence-electron chi connectivity index (χ1n) is 11.6. The van der Waals surface area contributed by atoms with Crippen LogP contribution < -0.4 is 0 Å². The summed E-state index contributed by atoms with van der Waals surface area (Å²) in [6, 6.07) is 32.5. The van der Waals surface area contributed by atoms with Crippen molar-refractivity contribution in [2.75, 3.05) is 0 Å². The van der Waals surface area contributed by atoms with Crippen LogP contribution in [0.5, 0.6) is 0 Å². The van der Waals surface area contributed by atoms with E-state index in [-0.39, 0.29) is 0 Å². The van der Waals surface area contributed by atoms with Gasteiger partial charge >= 0.3 is 13.3 Å². The second-order valence-corrected chi connectivity index (χ2v) is 10.7. The molecule has 0 fully saturated rings. The molecule has 0 aliphatic heterocycles. The normalized spacial score (nSPS) is 13.9. The van der Waals surface area contributed by atoms with Gasteiger partial charge in [-0.05, 0) is 28.8 Å². The second kappa shape index (κ2) is 9.63. The lowest BCUT2D eigenvalue weighted by atomic mass is 9.78. The van der Waals surface area contributed by atoms with Crippen molar-refractivity contribution in [3.05, 3.63) is 131 Å². The molecule has 0 amide bonds. The number of nitrogens with zero attached hydrogens (tertiary/aromatic N) is 3. The number of halogens is 2. The van der Waals surface area contributed by atoms with Crippen LogP contribution in [0.3, 0.4) is 0 Å². The molecule has 0 saturated carbocycles. The molecular formula is C28H24F2N3O3P. The zero-order chi connectivity index (χ0) is 26.1. The first-order chi connectivity index (χ1) is 17.7. The Labute approximate surface area is 212 Å². The van der Waals surface area contributed by atoms with Gasteiger partial charge in [-0.15, -0.1) is 5.10 Å². The number of hydrogen-bond donors (Lipinski definition) is 2.